The molecule has 0 aromatic rings. The molecule has 0 unspecified atom stereocenters. The van der Waals surface area contributed by atoms with Crippen LogP contribution in [0.5, 0.6) is 0 Å². The minimum absolute atomic E-state index is 0.0520. The second kappa shape index (κ2) is 12.5. The molecule has 0 spiro atoms. The summed E-state index contributed by atoms with van der Waals surface area (Å²) in [7, 11) is 1.89. The lowest BCUT2D eigenvalue weighted by Gasteiger charge is -2.04. The lowest BCUT2D eigenvalue weighted by atomic mass is 10.1. The average Bonchev–Trinajstić information content (AvgIpc) is 2.28. The first-order valence-electron chi connectivity index (χ1n) is 6.61. The van der Waals surface area contributed by atoms with E-state index < -0.39 is 0 Å². The van der Waals surface area contributed by atoms with Crippen molar-refractivity contribution in [2.75, 3.05) is 20.2 Å². The van der Waals surface area contributed by atoms with E-state index in [1.54, 1.807) is 0 Å². The Morgan fingerprint density at radius 3 is 2.44 bits per heavy atom. The van der Waals surface area contributed by atoms with Crippen LogP contribution in [-0.2, 0) is 9.53 Å². The third kappa shape index (κ3) is 11.5. The molecule has 0 rings (SSSR count). The molecule has 0 atom stereocenters. The van der Waals surface area contributed by atoms with E-state index in [0.717, 1.165) is 19.4 Å². The lowest BCUT2D eigenvalue weighted by Crippen LogP contribution is -2.12. The monoisotopic (exact) mass is 229 g/mol. The van der Waals surface area contributed by atoms with Crippen molar-refractivity contribution < 1.29 is 9.53 Å². The van der Waals surface area contributed by atoms with Gasteiger partial charge in [-0.15, -0.1) is 0 Å². The summed E-state index contributed by atoms with van der Waals surface area (Å²) in [5.74, 6) is -0.0520. The highest BCUT2D eigenvalue weighted by atomic mass is 16.5. The highest BCUT2D eigenvalue weighted by Crippen LogP contribution is 2.05. The highest BCUT2D eigenvalue weighted by molar-refractivity contribution is 5.69. The van der Waals surface area contributed by atoms with E-state index in [1.165, 1.54) is 32.1 Å². The molecular formula is C13H27NO2. The van der Waals surface area contributed by atoms with Crippen LogP contribution in [0.15, 0.2) is 0 Å². The van der Waals surface area contributed by atoms with E-state index in [-0.39, 0.29) is 5.97 Å². The largest absolute Gasteiger partial charge is 0.466 e. The molecule has 0 fully saturated rings. The molecule has 0 bridgehead atoms. The quantitative estimate of drug-likeness (QED) is 0.437. The number of esters is 1. The molecule has 0 aromatic carbocycles. The zero-order valence-electron chi connectivity index (χ0n) is 10.9. The maximum absolute atomic E-state index is 11.2. The Hall–Kier alpha value is -0.570. The molecule has 3 nitrogen and oxygen atoms in total. The van der Waals surface area contributed by atoms with Crippen LogP contribution in [0, 0.1) is 0 Å². The van der Waals surface area contributed by atoms with E-state index in [0.29, 0.717) is 13.0 Å². The van der Waals surface area contributed by atoms with Crippen molar-refractivity contribution in [2.45, 2.75) is 58.3 Å². The number of carbonyl (C=O) groups is 1. The minimum atomic E-state index is -0.0520. The number of carbonyl (C=O) groups excluding carboxylic acids is 1. The number of nitrogens with one attached hydrogen (secondary N) is 1. The summed E-state index contributed by atoms with van der Waals surface area (Å²) in [6.45, 7) is 3.70. The van der Waals surface area contributed by atoms with Gasteiger partial charge in [-0.2, -0.15) is 0 Å². The van der Waals surface area contributed by atoms with Gasteiger partial charge in [0.1, 0.15) is 0 Å². The first-order chi connectivity index (χ1) is 7.81. The lowest BCUT2D eigenvalue weighted by molar-refractivity contribution is -0.143. The maximum Gasteiger partial charge on any atom is 0.305 e. The second-order valence-electron chi connectivity index (χ2n) is 4.20. The summed E-state index contributed by atoms with van der Waals surface area (Å²) in [6, 6.07) is 0. The molecule has 3 heteroatoms. The predicted octanol–water partition coefficient (Wildman–Crippen LogP) is 2.89. The Labute approximate surface area is 99.9 Å². The van der Waals surface area contributed by atoms with E-state index in [4.69, 9.17) is 4.74 Å². The number of hydrogen-bond donors (Lipinski definition) is 1. The zero-order valence-corrected chi connectivity index (χ0v) is 10.9. The summed E-state index contributed by atoms with van der Waals surface area (Å²) in [4.78, 5) is 11.2. The molecule has 96 valence electrons. The molecule has 0 saturated heterocycles. The van der Waals surface area contributed by atoms with E-state index in [2.05, 4.69) is 12.2 Å². The van der Waals surface area contributed by atoms with Crippen LogP contribution in [-0.4, -0.2) is 26.2 Å². The molecule has 0 aliphatic heterocycles. The molecule has 16 heavy (non-hydrogen) atoms. The fraction of sp³-hybridized carbons (Fsp3) is 0.923. The Morgan fingerprint density at radius 2 is 1.75 bits per heavy atom. The fourth-order valence-corrected chi connectivity index (χ4v) is 1.55. The van der Waals surface area contributed by atoms with Crippen LogP contribution in [0.3, 0.4) is 0 Å². The molecule has 0 saturated carbocycles. The van der Waals surface area contributed by atoms with Crippen molar-refractivity contribution in [3.63, 3.8) is 0 Å². The third-order valence-electron chi connectivity index (χ3n) is 2.57. The first kappa shape index (κ1) is 15.4. The van der Waals surface area contributed by atoms with E-state index >= 15 is 0 Å². The van der Waals surface area contributed by atoms with Crippen LogP contribution in [0.25, 0.3) is 0 Å². The summed E-state index contributed by atoms with van der Waals surface area (Å²) < 4.78 is 5.13. The van der Waals surface area contributed by atoms with Crippen LogP contribution >= 0.6 is 0 Å². The van der Waals surface area contributed by atoms with Gasteiger partial charge in [0.25, 0.3) is 0 Å². The standard InChI is InChI=1S/C13H27NO2/c1-3-4-5-6-7-8-12-16-13(15)10-9-11-14-2/h14H,3-12H2,1-2H3. The summed E-state index contributed by atoms with van der Waals surface area (Å²) in [5.41, 5.74) is 0. The molecule has 1 N–H and O–H groups in total. The summed E-state index contributed by atoms with van der Waals surface area (Å²) in [5, 5.41) is 3.01. The molecule has 0 aliphatic carbocycles. The van der Waals surface area contributed by atoms with Crippen LogP contribution in [0.4, 0.5) is 0 Å². The van der Waals surface area contributed by atoms with E-state index in [1.807, 2.05) is 7.05 Å². The van der Waals surface area contributed by atoms with Crippen LogP contribution in [0.2, 0.25) is 0 Å². The summed E-state index contributed by atoms with van der Waals surface area (Å²) in [6.07, 6.45) is 8.79. The number of ether oxygens (including phenoxy) is 1. The van der Waals surface area contributed by atoms with Gasteiger partial charge in [0, 0.05) is 6.42 Å². The smallest absolute Gasteiger partial charge is 0.305 e. The van der Waals surface area contributed by atoms with Crippen molar-refractivity contribution in [1.82, 2.24) is 5.32 Å². The van der Waals surface area contributed by atoms with Crippen LogP contribution < -0.4 is 5.32 Å². The topological polar surface area (TPSA) is 38.3 Å². The van der Waals surface area contributed by atoms with Crippen molar-refractivity contribution >= 4 is 5.97 Å². The average molecular weight is 229 g/mol. The normalized spacial score (nSPS) is 10.4. The Balaban J connectivity index is 3.09. The summed E-state index contributed by atoms with van der Waals surface area (Å²) >= 11 is 0. The van der Waals surface area contributed by atoms with E-state index in [9.17, 15) is 4.79 Å². The molecule has 0 aromatic heterocycles. The molecule has 0 heterocycles. The molecular weight excluding hydrogens is 202 g/mol. The number of rotatable bonds is 11. The number of hydrogen-bond acceptors (Lipinski definition) is 3. The third-order valence-corrected chi connectivity index (χ3v) is 2.57. The Kier molecular flexibility index (Phi) is 12.1. The van der Waals surface area contributed by atoms with Gasteiger partial charge in [-0.25, -0.2) is 0 Å². The molecule has 0 amide bonds. The Morgan fingerprint density at radius 1 is 1.06 bits per heavy atom. The van der Waals surface area contributed by atoms with Gasteiger partial charge >= 0.3 is 5.97 Å². The maximum atomic E-state index is 11.2. The molecule has 0 aliphatic rings. The van der Waals surface area contributed by atoms with Gasteiger partial charge in [0.15, 0.2) is 0 Å². The van der Waals surface area contributed by atoms with Crippen molar-refractivity contribution in [3.8, 4) is 0 Å². The van der Waals surface area contributed by atoms with Crippen molar-refractivity contribution in [2.24, 2.45) is 0 Å². The van der Waals surface area contributed by atoms with Gasteiger partial charge in [0.2, 0.25) is 0 Å². The highest BCUT2D eigenvalue weighted by Gasteiger charge is 2.01. The van der Waals surface area contributed by atoms with Gasteiger partial charge in [0.05, 0.1) is 6.61 Å². The fourth-order valence-electron chi connectivity index (χ4n) is 1.55. The zero-order chi connectivity index (χ0) is 12.1. The van der Waals surface area contributed by atoms with Gasteiger partial charge < -0.3 is 10.1 Å². The van der Waals surface area contributed by atoms with Gasteiger partial charge in [-0.05, 0) is 26.4 Å². The van der Waals surface area contributed by atoms with Crippen molar-refractivity contribution in [1.29, 1.82) is 0 Å². The van der Waals surface area contributed by atoms with Crippen molar-refractivity contribution in [3.05, 3.63) is 0 Å². The minimum Gasteiger partial charge on any atom is -0.466 e. The SMILES string of the molecule is CCCCCCCCOC(=O)CCCNC. The predicted molar refractivity (Wildman–Crippen MR) is 67.5 cm³/mol. The van der Waals surface area contributed by atoms with Crippen LogP contribution in [0.1, 0.15) is 58.3 Å². The Bertz CT molecular complexity index is 160. The molecule has 0 radical (unpaired) electrons. The second-order valence-corrected chi connectivity index (χ2v) is 4.20. The number of unbranched alkanes of at least 4 members (excludes halogenated alkanes) is 5. The van der Waals surface area contributed by atoms with Gasteiger partial charge in [-0.3, -0.25) is 4.79 Å². The van der Waals surface area contributed by atoms with Gasteiger partial charge in [-0.1, -0.05) is 39.0 Å². The first-order valence-corrected chi connectivity index (χ1v) is 6.61.